The Hall–Kier alpha value is -4.36. The topological polar surface area (TPSA) is 241 Å². The molecule has 2 fully saturated rings. The van der Waals surface area contributed by atoms with Gasteiger partial charge in [-0.15, -0.1) is 0 Å². The summed E-state index contributed by atoms with van der Waals surface area (Å²) in [5.41, 5.74) is 0. The number of hydrogen-bond donors (Lipinski definition) is 1. The summed E-state index contributed by atoms with van der Waals surface area (Å²) in [5, 5.41) is 2.38. The quantitative estimate of drug-likeness (QED) is 0.187. The fourth-order valence-corrected chi connectivity index (χ4v) is 4.79. The normalized spacial score (nSPS) is 30.3. The molecular formula is C28H39NO18. The summed E-state index contributed by atoms with van der Waals surface area (Å²) in [4.78, 5) is 96.8. The first-order valence-corrected chi connectivity index (χ1v) is 14.1. The number of amides is 1. The van der Waals surface area contributed by atoms with Crippen LogP contribution in [0.1, 0.15) is 56.7 Å². The Morgan fingerprint density at radius 2 is 0.957 bits per heavy atom. The highest BCUT2D eigenvalue weighted by molar-refractivity contribution is 5.74. The average Bonchev–Trinajstić information content (AvgIpc) is 2.95. The molecule has 2 rings (SSSR count). The van der Waals surface area contributed by atoms with Gasteiger partial charge in [-0.3, -0.25) is 38.4 Å². The van der Waals surface area contributed by atoms with Crippen LogP contribution in [0, 0.1) is 0 Å². The standard InChI is InChI=1S/C28H39NO18/c1-11(30)29-21-24(41-15(5)34)22(19(9-38-12(2)31)45-27(21)44-18(8)37)47-28-26(43-17(7)36)25(42-16(6)35)23(40-14(4)33)20(46-28)10-39-13(3)32/h19-28H,9-10H2,1-8H3,(H,29,30)/t19-,20-,21-,22-,23+,24-,25+,26-,27?,28+/m1/s1/i1D. The van der Waals surface area contributed by atoms with Gasteiger partial charge in [-0.2, -0.15) is 0 Å². The monoisotopic (exact) mass is 678 g/mol. The predicted octanol–water partition coefficient (Wildman–Crippen LogP) is -1.26. The summed E-state index contributed by atoms with van der Waals surface area (Å²) >= 11 is 0. The maximum absolute atomic E-state index is 12.4. The second-order valence-corrected chi connectivity index (χ2v) is 10.3. The zero-order chi connectivity index (χ0) is 36.3. The third-order valence-electron chi connectivity index (χ3n) is 6.25. The van der Waals surface area contributed by atoms with Crippen molar-refractivity contribution in [1.29, 1.82) is 0 Å². The zero-order valence-corrected chi connectivity index (χ0v) is 26.7. The molecule has 1 unspecified atom stereocenters. The maximum atomic E-state index is 12.4. The highest BCUT2D eigenvalue weighted by atomic mass is 16.8. The molecule has 0 aromatic heterocycles. The molecule has 264 valence electrons. The van der Waals surface area contributed by atoms with E-state index in [-0.39, 0.29) is 0 Å². The van der Waals surface area contributed by atoms with Gasteiger partial charge in [0, 0.05) is 56.7 Å². The van der Waals surface area contributed by atoms with Crippen LogP contribution in [0.3, 0.4) is 0 Å². The predicted molar refractivity (Wildman–Crippen MR) is 147 cm³/mol. The van der Waals surface area contributed by atoms with Gasteiger partial charge >= 0.3 is 41.8 Å². The molecule has 1 amide bonds. The van der Waals surface area contributed by atoms with Gasteiger partial charge in [0.25, 0.3) is 0 Å². The van der Waals surface area contributed by atoms with E-state index in [0.717, 1.165) is 48.5 Å². The summed E-state index contributed by atoms with van der Waals surface area (Å²) in [6.45, 7) is 5.19. The maximum Gasteiger partial charge on any atom is 0.305 e. The number of ether oxygens (including phenoxy) is 10. The van der Waals surface area contributed by atoms with Gasteiger partial charge in [-0.25, -0.2) is 0 Å². The van der Waals surface area contributed by atoms with Crippen LogP contribution in [0.2, 0.25) is 0 Å². The molecule has 2 aliphatic heterocycles. The summed E-state index contributed by atoms with van der Waals surface area (Å²) in [6, 6.07) is -1.54. The van der Waals surface area contributed by atoms with Gasteiger partial charge in [0.05, 0.1) is 0 Å². The van der Waals surface area contributed by atoms with Crippen molar-refractivity contribution in [2.24, 2.45) is 0 Å². The largest absolute Gasteiger partial charge is 0.463 e. The van der Waals surface area contributed by atoms with Crippen LogP contribution in [0.4, 0.5) is 0 Å². The Labute approximate surface area is 270 Å². The second kappa shape index (κ2) is 17.5. The van der Waals surface area contributed by atoms with Crippen molar-refractivity contribution >= 4 is 47.7 Å². The molecule has 1 N–H and O–H groups in total. The molecule has 0 radical (unpaired) electrons. The molecule has 2 saturated heterocycles. The van der Waals surface area contributed by atoms with Gasteiger partial charge in [0.15, 0.2) is 30.7 Å². The van der Waals surface area contributed by atoms with E-state index in [9.17, 15) is 38.4 Å². The highest BCUT2D eigenvalue weighted by Gasteiger charge is 2.57. The van der Waals surface area contributed by atoms with Crippen LogP contribution >= 0.6 is 0 Å². The van der Waals surface area contributed by atoms with Crippen molar-refractivity contribution in [2.75, 3.05) is 13.2 Å². The van der Waals surface area contributed by atoms with Crippen LogP contribution < -0.4 is 5.32 Å². The zero-order valence-electron chi connectivity index (χ0n) is 27.7. The minimum atomic E-state index is -1.84. The third-order valence-corrected chi connectivity index (χ3v) is 6.25. The van der Waals surface area contributed by atoms with Crippen LogP contribution in [0.25, 0.3) is 0 Å². The molecule has 0 saturated carbocycles. The molecule has 0 aromatic rings. The fourth-order valence-electron chi connectivity index (χ4n) is 4.79. The van der Waals surface area contributed by atoms with E-state index < -0.39 is 129 Å². The van der Waals surface area contributed by atoms with E-state index in [2.05, 4.69) is 5.32 Å². The SMILES string of the molecule is [2H]CC(=O)N[C@H]1C(OC(C)=O)O[C@H](COC(C)=O)[C@@H](O[C@@H]2O[C@H](COC(C)=O)[C@H](OC(C)=O)[C@H](OC(C)=O)[C@H]2OC(C)=O)[C@@H]1OC(C)=O. The molecule has 0 bridgehead atoms. The Morgan fingerprint density at radius 1 is 0.532 bits per heavy atom. The van der Waals surface area contributed by atoms with E-state index in [4.69, 9.17) is 48.7 Å². The van der Waals surface area contributed by atoms with E-state index >= 15 is 0 Å². The molecule has 19 heteroatoms. The summed E-state index contributed by atoms with van der Waals surface area (Å²) < 4.78 is 62.5. The average molecular weight is 679 g/mol. The lowest BCUT2D eigenvalue weighted by Gasteiger charge is -2.48. The minimum Gasteiger partial charge on any atom is -0.463 e. The summed E-state index contributed by atoms with van der Waals surface area (Å²) in [7, 11) is 0. The number of rotatable bonds is 12. The van der Waals surface area contributed by atoms with Gasteiger partial charge in [0.1, 0.15) is 37.6 Å². The van der Waals surface area contributed by atoms with Crippen LogP contribution in [-0.2, 0) is 85.7 Å². The first-order chi connectivity index (χ1) is 22.4. The lowest BCUT2D eigenvalue weighted by atomic mass is 9.94. The van der Waals surface area contributed by atoms with Crippen molar-refractivity contribution in [2.45, 2.75) is 117 Å². The number of esters is 7. The Balaban J connectivity index is 2.75. The van der Waals surface area contributed by atoms with E-state index in [0.29, 0.717) is 0 Å². The number of hydrogen-bond acceptors (Lipinski definition) is 18. The first kappa shape index (κ1) is 37.1. The van der Waals surface area contributed by atoms with Gasteiger partial charge in [-0.1, -0.05) is 0 Å². The molecule has 0 aromatic carbocycles. The Bertz CT molecular complexity index is 1230. The molecule has 10 atom stereocenters. The first-order valence-electron chi connectivity index (χ1n) is 14.8. The highest BCUT2D eigenvalue weighted by Crippen LogP contribution is 2.34. The molecule has 19 nitrogen and oxygen atoms in total. The second-order valence-electron chi connectivity index (χ2n) is 10.3. The summed E-state index contributed by atoms with van der Waals surface area (Å²) in [6.07, 6.45) is -14.6. The number of nitrogens with one attached hydrogen (secondary N) is 1. The minimum absolute atomic E-state index is 0.597. The van der Waals surface area contributed by atoms with Gasteiger partial charge < -0.3 is 52.7 Å². The number of carbonyl (C=O) groups is 8. The number of carbonyl (C=O) groups excluding carboxylic acids is 8. The van der Waals surface area contributed by atoms with Crippen LogP contribution in [-0.4, -0.2) is 122 Å². The van der Waals surface area contributed by atoms with E-state index in [1.807, 2.05) is 0 Å². The molecule has 2 heterocycles. The molecule has 47 heavy (non-hydrogen) atoms. The molecular weight excluding hydrogens is 638 g/mol. The molecule has 0 aliphatic carbocycles. The molecule has 0 spiro atoms. The smallest absolute Gasteiger partial charge is 0.305 e. The van der Waals surface area contributed by atoms with Crippen molar-refractivity contribution in [3.05, 3.63) is 0 Å². The third kappa shape index (κ3) is 12.1. The van der Waals surface area contributed by atoms with Crippen LogP contribution in [0.5, 0.6) is 0 Å². The van der Waals surface area contributed by atoms with Crippen molar-refractivity contribution in [3.63, 3.8) is 0 Å². The fraction of sp³-hybridized carbons (Fsp3) is 0.714. The molecule has 2 aliphatic rings. The summed E-state index contributed by atoms with van der Waals surface area (Å²) in [5.74, 6) is -7.05. The van der Waals surface area contributed by atoms with Crippen molar-refractivity contribution in [1.82, 2.24) is 5.32 Å². The lowest BCUT2D eigenvalue weighted by molar-refractivity contribution is -0.348. The Morgan fingerprint density at radius 3 is 1.43 bits per heavy atom. The van der Waals surface area contributed by atoms with Crippen molar-refractivity contribution in [3.8, 4) is 0 Å². The lowest BCUT2D eigenvalue weighted by Crippen LogP contribution is -2.69. The van der Waals surface area contributed by atoms with E-state index in [1.165, 1.54) is 0 Å². The van der Waals surface area contributed by atoms with Gasteiger partial charge in [0.2, 0.25) is 12.2 Å². The van der Waals surface area contributed by atoms with Gasteiger partial charge in [-0.05, 0) is 0 Å². The van der Waals surface area contributed by atoms with Crippen LogP contribution in [0.15, 0.2) is 0 Å². The van der Waals surface area contributed by atoms with Crippen molar-refractivity contribution < 1.29 is 87.1 Å². The Kier molecular flexibility index (Phi) is 13.8. The van der Waals surface area contributed by atoms with E-state index in [1.54, 1.807) is 0 Å².